The Bertz CT molecular complexity index is 1100. The zero-order valence-electron chi connectivity index (χ0n) is 16.7. The van der Waals surface area contributed by atoms with Gasteiger partial charge < -0.3 is 4.74 Å². The van der Waals surface area contributed by atoms with Crippen LogP contribution in [0.3, 0.4) is 0 Å². The largest absolute Gasteiger partial charge is 0.378 e. The molecule has 1 heterocycles. The third-order valence-electron chi connectivity index (χ3n) is 4.77. The smallest absolute Gasteiger partial charge is 0.246 e. The summed E-state index contributed by atoms with van der Waals surface area (Å²) in [6.45, 7) is 2.65. The van der Waals surface area contributed by atoms with Crippen LogP contribution >= 0.6 is 0 Å². The van der Waals surface area contributed by atoms with Gasteiger partial charge in [0.1, 0.15) is 13.7 Å². The van der Waals surface area contributed by atoms with E-state index in [2.05, 4.69) is 11.1 Å². The van der Waals surface area contributed by atoms with Crippen molar-refractivity contribution >= 4 is 13.3 Å². The number of hydrogen-bond acceptors (Lipinski definition) is 4. The molecule has 0 saturated carbocycles. The second-order valence-electron chi connectivity index (χ2n) is 6.82. The molecule has 3 aromatic rings. The number of nitriles is 1. The minimum absolute atomic E-state index is 0.131. The Labute approximate surface area is 172 Å². The van der Waals surface area contributed by atoms with Gasteiger partial charge in [-0.15, -0.1) is 0 Å². The SMILES string of the molecule is [B]c1c(COC)nc(CCC)n(Cc2ccc(-c3ccccc3C#N)cc2)c1=O. The molecule has 144 valence electrons. The third-order valence-corrected chi connectivity index (χ3v) is 4.77. The number of nitrogens with zero attached hydrogens (tertiary/aromatic N) is 3. The molecular formula is C23H22BN3O2. The van der Waals surface area contributed by atoms with Crippen LogP contribution in [0.25, 0.3) is 11.1 Å². The summed E-state index contributed by atoms with van der Waals surface area (Å²) in [5.74, 6) is 0.706. The van der Waals surface area contributed by atoms with E-state index < -0.39 is 0 Å². The van der Waals surface area contributed by atoms with Crippen LogP contribution in [0.1, 0.15) is 36.0 Å². The molecule has 0 aliphatic carbocycles. The van der Waals surface area contributed by atoms with E-state index in [-0.39, 0.29) is 17.6 Å². The van der Waals surface area contributed by atoms with E-state index in [1.54, 1.807) is 17.7 Å². The summed E-state index contributed by atoms with van der Waals surface area (Å²) in [6.07, 6.45) is 1.55. The van der Waals surface area contributed by atoms with Crippen LogP contribution in [0.5, 0.6) is 0 Å². The second kappa shape index (κ2) is 9.36. The molecule has 29 heavy (non-hydrogen) atoms. The molecule has 0 unspecified atom stereocenters. The Morgan fingerprint density at radius 1 is 1.17 bits per heavy atom. The van der Waals surface area contributed by atoms with E-state index in [9.17, 15) is 10.1 Å². The Morgan fingerprint density at radius 2 is 1.90 bits per heavy atom. The van der Waals surface area contributed by atoms with Crippen molar-refractivity contribution in [3.8, 4) is 17.2 Å². The molecule has 0 spiro atoms. The van der Waals surface area contributed by atoms with Gasteiger partial charge in [-0.05, 0) is 34.6 Å². The number of rotatable bonds is 7. The Hall–Kier alpha value is -3.17. The van der Waals surface area contributed by atoms with Gasteiger partial charge in [0, 0.05) is 13.5 Å². The number of aromatic nitrogens is 2. The first-order valence-electron chi connectivity index (χ1n) is 9.54. The van der Waals surface area contributed by atoms with E-state index >= 15 is 0 Å². The summed E-state index contributed by atoms with van der Waals surface area (Å²) in [5, 5.41) is 9.31. The number of hydrogen-bond donors (Lipinski definition) is 0. The molecular weight excluding hydrogens is 361 g/mol. The van der Waals surface area contributed by atoms with Gasteiger partial charge in [0.05, 0.1) is 30.5 Å². The fourth-order valence-corrected chi connectivity index (χ4v) is 3.29. The van der Waals surface area contributed by atoms with Crippen molar-refractivity contribution in [3.63, 3.8) is 0 Å². The minimum Gasteiger partial charge on any atom is -0.378 e. The zero-order valence-corrected chi connectivity index (χ0v) is 16.7. The van der Waals surface area contributed by atoms with Gasteiger partial charge in [0.25, 0.3) is 0 Å². The van der Waals surface area contributed by atoms with Crippen LogP contribution < -0.4 is 11.0 Å². The Kier molecular flexibility index (Phi) is 6.63. The van der Waals surface area contributed by atoms with Crippen molar-refractivity contribution < 1.29 is 4.74 Å². The number of ether oxygens (including phenoxy) is 1. The second-order valence-corrected chi connectivity index (χ2v) is 6.82. The zero-order chi connectivity index (χ0) is 20.8. The van der Waals surface area contributed by atoms with Crippen LogP contribution in [0, 0.1) is 11.3 Å². The summed E-state index contributed by atoms with van der Waals surface area (Å²) in [4.78, 5) is 17.4. The van der Waals surface area contributed by atoms with Gasteiger partial charge in [-0.2, -0.15) is 5.26 Å². The first-order valence-corrected chi connectivity index (χ1v) is 9.54. The van der Waals surface area contributed by atoms with Crippen molar-refractivity contribution in [2.24, 2.45) is 0 Å². The molecule has 0 amide bonds. The molecule has 3 rings (SSSR count). The molecule has 5 nitrogen and oxygen atoms in total. The van der Waals surface area contributed by atoms with Gasteiger partial charge in [-0.1, -0.05) is 49.4 Å². The molecule has 0 N–H and O–H groups in total. The summed E-state index contributed by atoms with van der Waals surface area (Å²) < 4.78 is 6.75. The molecule has 2 aromatic carbocycles. The van der Waals surface area contributed by atoms with Gasteiger partial charge >= 0.3 is 0 Å². The number of methoxy groups -OCH3 is 1. The predicted octanol–water partition coefficient (Wildman–Crippen LogP) is 2.72. The van der Waals surface area contributed by atoms with Gasteiger partial charge in [-0.3, -0.25) is 9.36 Å². The summed E-state index contributed by atoms with van der Waals surface area (Å²) >= 11 is 0. The summed E-state index contributed by atoms with van der Waals surface area (Å²) in [5.41, 5.74) is 3.82. The average molecular weight is 383 g/mol. The van der Waals surface area contributed by atoms with Crippen LogP contribution in [-0.2, 0) is 24.3 Å². The Balaban J connectivity index is 1.95. The number of aryl methyl sites for hydroxylation is 1. The van der Waals surface area contributed by atoms with Crippen LogP contribution in [-0.4, -0.2) is 24.5 Å². The molecule has 0 aliphatic heterocycles. The monoisotopic (exact) mass is 383 g/mol. The van der Waals surface area contributed by atoms with E-state index in [1.807, 2.05) is 49.4 Å². The topological polar surface area (TPSA) is 67.9 Å². The van der Waals surface area contributed by atoms with Gasteiger partial charge in [0.15, 0.2) is 0 Å². The summed E-state index contributed by atoms with van der Waals surface area (Å²) in [7, 11) is 7.57. The van der Waals surface area contributed by atoms with Crippen LogP contribution in [0.4, 0.5) is 0 Å². The maximum Gasteiger partial charge on any atom is 0.246 e. The fraction of sp³-hybridized carbons (Fsp3) is 0.261. The van der Waals surface area contributed by atoms with E-state index in [1.165, 1.54) is 0 Å². The van der Waals surface area contributed by atoms with E-state index in [0.717, 1.165) is 23.1 Å². The lowest BCUT2D eigenvalue weighted by Gasteiger charge is -2.16. The fourth-order valence-electron chi connectivity index (χ4n) is 3.29. The lowest BCUT2D eigenvalue weighted by atomic mass is 9.95. The molecule has 0 aliphatic rings. The predicted molar refractivity (Wildman–Crippen MR) is 114 cm³/mol. The molecule has 0 saturated heterocycles. The van der Waals surface area contributed by atoms with Gasteiger partial charge in [0.2, 0.25) is 5.56 Å². The van der Waals surface area contributed by atoms with Crippen molar-refractivity contribution in [3.05, 3.63) is 81.5 Å². The normalized spacial score (nSPS) is 10.7. The lowest BCUT2D eigenvalue weighted by Crippen LogP contribution is -2.40. The molecule has 0 atom stereocenters. The van der Waals surface area contributed by atoms with E-state index in [0.29, 0.717) is 30.0 Å². The highest BCUT2D eigenvalue weighted by Crippen LogP contribution is 2.23. The van der Waals surface area contributed by atoms with Crippen molar-refractivity contribution in [1.82, 2.24) is 9.55 Å². The molecule has 1 aromatic heterocycles. The Morgan fingerprint density at radius 3 is 2.55 bits per heavy atom. The van der Waals surface area contributed by atoms with Crippen molar-refractivity contribution in [2.45, 2.75) is 32.9 Å². The number of benzene rings is 2. The highest BCUT2D eigenvalue weighted by Gasteiger charge is 2.13. The summed E-state index contributed by atoms with van der Waals surface area (Å²) in [6, 6.07) is 17.6. The first-order chi connectivity index (χ1) is 14.1. The first kappa shape index (κ1) is 20.6. The van der Waals surface area contributed by atoms with Crippen molar-refractivity contribution in [2.75, 3.05) is 7.11 Å². The molecule has 6 heteroatoms. The third kappa shape index (κ3) is 4.47. The standard InChI is InChI=1S/C23H22BN3O2/c1-3-6-21-26-20(15-29-2)22(24)23(28)27(21)14-16-9-11-17(12-10-16)19-8-5-4-7-18(19)13-25/h4-5,7-12H,3,6,14-15H2,1-2H3. The maximum atomic E-state index is 12.8. The van der Waals surface area contributed by atoms with E-state index in [4.69, 9.17) is 12.6 Å². The van der Waals surface area contributed by atoms with Crippen LogP contribution in [0.15, 0.2) is 53.3 Å². The maximum absolute atomic E-state index is 12.8. The quantitative estimate of drug-likeness (QED) is 0.589. The average Bonchev–Trinajstić information content (AvgIpc) is 2.75. The van der Waals surface area contributed by atoms with Crippen LogP contribution in [0.2, 0.25) is 0 Å². The van der Waals surface area contributed by atoms with Crippen molar-refractivity contribution in [1.29, 1.82) is 5.26 Å². The molecule has 0 fully saturated rings. The highest BCUT2D eigenvalue weighted by atomic mass is 16.5. The lowest BCUT2D eigenvalue weighted by molar-refractivity contribution is 0.181. The minimum atomic E-state index is -0.241. The van der Waals surface area contributed by atoms with Gasteiger partial charge in [-0.25, -0.2) is 4.98 Å². The molecule has 0 bridgehead atoms. The highest BCUT2D eigenvalue weighted by molar-refractivity contribution is 6.32. The molecule has 2 radical (unpaired) electrons.